The molecule has 1 aliphatic rings. The van der Waals surface area contributed by atoms with Crippen LogP contribution in [0.3, 0.4) is 0 Å². The van der Waals surface area contributed by atoms with Crippen LogP contribution in [0.2, 0.25) is 0 Å². The van der Waals surface area contributed by atoms with Crippen LogP contribution in [-0.4, -0.2) is 28.1 Å². The third-order valence-electron chi connectivity index (χ3n) is 4.81. The van der Waals surface area contributed by atoms with Crippen molar-refractivity contribution in [1.29, 1.82) is 0 Å². The lowest BCUT2D eigenvalue weighted by molar-refractivity contribution is 0.217. The Labute approximate surface area is 153 Å². The molecule has 26 heavy (non-hydrogen) atoms. The van der Waals surface area contributed by atoms with Gasteiger partial charge in [0.1, 0.15) is 6.61 Å². The lowest BCUT2D eigenvalue weighted by atomic mass is 9.98. The molecular weight excluding hydrogens is 324 g/mol. The molecule has 1 aromatic heterocycles. The van der Waals surface area contributed by atoms with Crippen LogP contribution in [0.1, 0.15) is 16.7 Å². The molecule has 0 aliphatic carbocycles. The molecule has 4 heteroatoms. The lowest BCUT2D eigenvalue weighted by Crippen LogP contribution is -2.25. The van der Waals surface area contributed by atoms with E-state index in [1.807, 2.05) is 36.7 Å². The summed E-state index contributed by atoms with van der Waals surface area (Å²) in [7, 11) is 0. The number of aryl methyl sites for hydroxylation is 1. The Balaban J connectivity index is 1.67. The number of aromatic nitrogens is 1. The van der Waals surface area contributed by atoms with Crippen LogP contribution in [0.5, 0.6) is 11.5 Å². The zero-order chi connectivity index (χ0) is 17.9. The summed E-state index contributed by atoms with van der Waals surface area (Å²) in [4.78, 5) is 6.42. The molecule has 0 fully saturated rings. The fourth-order valence-corrected chi connectivity index (χ4v) is 3.49. The summed E-state index contributed by atoms with van der Waals surface area (Å²) < 4.78 is 5.86. The highest BCUT2D eigenvalue weighted by Crippen LogP contribution is 2.38. The van der Waals surface area contributed by atoms with Crippen molar-refractivity contribution in [1.82, 2.24) is 9.88 Å². The highest BCUT2D eigenvalue weighted by atomic mass is 16.5. The van der Waals surface area contributed by atoms with E-state index in [0.717, 1.165) is 36.3 Å². The van der Waals surface area contributed by atoms with Crippen molar-refractivity contribution in [2.24, 2.45) is 0 Å². The van der Waals surface area contributed by atoms with Crippen LogP contribution >= 0.6 is 0 Å². The Morgan fingerprint density at radius 2 is 1.92 bits per heavy atom. The summed E-state index contributed by atoms with van der Waals surface area (Å²) in [6, 6.07) is 16.2. The van der Waals surface area contributed by atoms with E-state index in [4.69, 9.17) is 4.74 Å². The second-order valence-corrected chi connectivity index (χ2v) is 6.71. The Bertz CT molecular complexity index is 909. The molecule has 0 unspecified atom stereocenters. The van der Waals surface area contributed by atoms with Gasteiger partial charge in [-0.25, -0.2) is 0 Å². The minimum Gasteiger partial charge on any atom is -0.504 e. The van der Waals surface area contributed by atoms with Crippen molar-refractivity contribution < 1.29 is 9.84 Å². The van der Waals surface area contributed by atoms with Crippen molar-refractivity contribution in [2.45, 2.75) is 20.0 Å². The van der Waals surface area contributed by atoms with Gasteiger partial charge in [0.05, 0.1) is 0 Å². The molecule has 0 spiro atoms. The molecule has 0 amide bonds. The summed E-state index contributed by atoms with van der Waals surface area (Å²) in [5, 5.41) is 10.5. The predicted molar refractivity (Wildman–Crippen MR) is 102 cm³/mol. The van der Waals surface area contributed by atoms with Gasteiger partial charge in [0, 0.05) is 37.6 Å². The molecule has 0 saturated heterocycles. The van der Waals surface area contributed by atoms with E-state index in [9.17, 15) is 5.11 Å². The molecule has 2 heterocycles. The number of hydrogen-bond acceptors (Lipinski definition) is 4. The SMILES string of the molecule is Cc1ccccc1-c1cc(O)c2c(c1)CN(Cc1ccncc1)CCO2. The normalized spacial score (nSPS) is 14.3. The molecule has 2 aromatic carbocycles. The quantitative estimate of drug-likeness (QED) is 0.774. The van der Waals surface area contributed by atoms with Gasteiger partial charge in [-0.05, 0) is 53.4 Å². The molecule has 4 rings (SSSR count). The van der Waals surface area contributed by atoms with E-state index in [1.165, 1.54) is 11.1 Å². The smallest absolute Gasteiger partial charge is 0.165 e. The minimum absolute atomic E-state index is 0.214. The summed E-state index contributed by atoms with van der Waals surface area (Å²) >= 11 is 0. The first-order chi connectivity index (χ1) is 12.7. The van der Waals surface area contributed by atoms with Crippen LogP contribution in [0.15, 0.2) is 60.9 Å². The maximum absolute atomic E-state index is 10.5. The van der Waals surface area contributed by atoms with Gasteiger partial charge in [-0.1, -0.05) is 24.3 Å². The summed E-state index contributed by atoms with van der Waals surface area (Å²) in [6.07, 6.45) is 3.64. The number of rotatable bonds is 3. The second kappa shape index (κ2) is 7.18. The second-order valence-electron chi connectivity index (χ2n) is 6.71. The van der Waals surface area contributed by atoms with Crippen LogP contribution in [-0.2, 0) is 13.1 Å². The zero-order valence-electron chi connectivity index (χ0n) is 14.9. The lowest BCUT2D eigenvalue weighted by Gasteiger charge is -2.19. The van der Waals surface area contributed by atoms with E-state index >= 15 is 0 Å². The molecule has 0 atom stereocenters. The van der Waals surface area contributed by atoms with Crippen LogP contribution in [0, 0.1) is 6.92 Å². The van der Waals surface area contributed by atoms with Crippen molar-refractivity contribution in [2.75, 3.05) is 13.2 Å². The molecule has 1 aliphatic heterocycles. The number of fused-ring (bicyclic) bond motifs is 1. The number of hydrogen-bond donors (Lipinski definition) is 1. The molecule has 0 bridgehead atoms. The molecule has 132 valence electrons. The topological polar surface area (TPSA) is 45.6 Å². The molecule has 4 nitrogen and oxygen atoms in total. The van der Waals surface area contributed by atoms with Crippen LogP contribution in [0.25, 0.3) is 11.1 Å². The Morgan fingerprint density at radius 3 is 2.73 bits per heavy atom. The first-order valence-electron chi connectivity index (χ1n) is 8.86. The average molecular weight is 346 g/mol. The molecule has 0 saturated carbocycles. The van der Waals surface area contributed by atoms with Gasteiger partial charge >= 0.3 is 0 Å². The first-order valence-corrected chi connectivity index (χ1v) is 8.86. The van der Waals surface area contributed by atoms with Crippen molar-refractivity contribution in [3.63, 3.8) is 0 Å². The number of ether oxygens (including phenoxy) is 1. The third-order valence-corrected chi connectivity index (χ3v) is 4.81. The van der Waals surface area contributed by atoms with E-state index in [-0.39, 0.29) is 5.75 Å². The van der Waals surface area contributed by atoms with E-state index < -0.39 is 0 Å². The third kappa shape index (κ3) is 3.41. The summed E-state index contributed by atoms with van der Waals surface area (Å²) in [5.74, 6) is 0.825. The van der Waals surface area contributed by atoms with Gasteiger partial charge in [0.25, 0.3) is 0 Å². The monoisotopic (exact) mass is 346 g/mol. The maximum Gasteiger partial charge on any atom is 0.165 e. The zero-order valence-corrected chi connectivity index (χ0v) is 14.9. The molecule has 3 aromatic rings. The van der Waals surface area contributed by atoms with E-state index in [0.29, 0.717) is 12.4 Å². The van der Waals surface area contributed by atoms with Gasteiger partial charge in [-0.2, -0.15) is 0 Å². The fraction of sp³-hybridized carbons (Fsp3) is 0.227. The van der Waals surface area contributed by atoms with Gasteiger partial charge in [0.15, 0.2) is 11.5 Å². The number of pyridine rings is 1. The molecule has 0 radical (unpaired) electrons. The molecule has 1 N–H and O–H groups in total. The highest BCUT2D eigenvalue weighted by molar-refractivity contribution is 5.71. The Kier molecular flexibility index (Phi) is 4.59. The van der Waals surface area contributed by atoms with Gasteiger partial charge in [-0.3, -0.25) is 9.88 Å². The van der Waals surface area contributed by atoms with E-state index in [2.05, 4.69) is 35.0 Å². The highest BCUT2D eigenvalue weighted by Gasteiger charge is 2.20. The van der Waals surface area contributed by atoms with Crippen LogP contribution < -0.4 is 4.74 Å². The van der Waals surface area contributed by atoms with Crippen LogP contribution in [0.4, 0.5) is 0 Å². The van der Waals surface area contributed by atoms with Gasteiger partial charge < -0.3 is 9.84 Å². The van der Waals surface area contributed by atoms with Gasteiger partial charge in [-0.15, -0.1) is 0 Å². The summed E-state index contributed by atoms with van der Waals surface area (Å²) in [5.41, 5.74) is 5.59. The standard InChI is InChI=1S/C22H22N2O2/c1-16-4-2-3-5-20(16)18-12-19-15-24(14-17-6-8-23-9-7-17)10-11-26-22(19)21(25)13-18/h2-9,12-13,25H,10-11,14-15H2,1H3. The van der Waals surface area contributed by atoms with Crippen molar-refractivity contribution in [3.05, 3.63) is 77.6 Å². The number of phenols is 1. The number of nitrogens with zero attached hydrogens (tertiary/aromatic N) is 2. The number of aromatic hydroxyl groups is 1. The average Bonchev–Trinajstić information content (AvgIpc) is 2.85. The predicted octanol–water partition coefficient (Wildman–Crippen LogP) is 4.16. The van der Waals surface area contributed by atoms with E-state index in [1.54, 1.807) is 6.07 Å². The number of benzene rings is 2. The Morgan fingerprint density at radius 1 is 1.12 bits per heavy atom. The molecular formula is C22H22N2O2. The van der Waals surface area contributed by atoms with Crippen molar-refractivity contribution in [3.8, 4) is 22.6 Å². The maximum atomic E-state index is 10.5. The minimum atomic E-state index is 0.214. The Hall–Kier alpha value is -2.85. The number of phenolic OH excluding ortho intramolecular Hbond substituents is 1. The largest absolute Gasteiger partial charge is 0.504 e. The summed E-state index contributed by atoms with van der Waals surface area (Å²) in [6.45, 7) is 5.04. The first kappa shape index (κ1) is 16.6. The van der Waals surface area contributed by atoms with Crippen molar-refractivity contribution >= 4 is 0 Å². The van der Waals surface area contributed by atoms with Gasteiger partial charge in [0.2, 0.25) is 0 Å². The fourth-order valence-electron chi connectivity index (χ4n) is 3.49.